The molecule has 166 valence electrons. The van der Waals surface area contributed by atoms with Crippen LogP contribution in [0.4, 0.5) is 36.4 Å². The molecule has 4 rings (SSSR count). The van der Waals surface area contributed by atoms with Gasteiger partial charge in [-0.15, -0.1) is 13.2 Å². The van der Waals surface area contributed by atoms with Crippen LogP contribution in [-0.4, -0.2) is 33.8 Å². The molecule has 2 heterocycles. The van der Waals surface area contributed by atoms with Crippen molar-refractivity contribution in [2.24, 2.45) is 0 Å². The first-order valence-corrected chi connectivity index (χ1v) is 9.71. The highest BCUT2D eigenvalue weighted by Gasteiger charge is 2.31. The summed E-state index contributed by atoms with van der Waals surface area (Å²) in [5, 5.41) is 5.79. The van der Waals surface area contributed by atoms with E-state index in [1.165, 1.54) is 25.4 Å². The van der Waals surface area contributed by atoms with Gasteiger partial charge in [0.15, 0.2) is 0 Å². The zero-order valence-corrected chi connectivity index (χ0v) is 17.0. The number of fused-ring (bicyclic) bond motifs is 1. The number of alkyl halides is 3. The molecule has 0 radical (unpaired) electrons. The molecule has 1 aliphatic rings. The molecule has 0 bridgehead atoms. The lowest BCUT2D eigenvalue weighted by Crippen LogP contribution is -2.32. The second-order valence-electron chi connectivity index (χ2n) is 7.15. The van der Waals surface area contributed by atoms with Crippen molar-refractivity contribution < 1.29 is 22.7 Å². The van der Waals surface area contributed by atoms with Gasteiger partial charge in [0.2, 0.25) is 17.8 Å². The Balaban J connectivity index is 1.47. The van der Waals surface area contributed by atoms with Crippen LogP contribution in [-0.2, 0) is 17.8 Å². The zero-order valence-electron chi connectivity index (χ0n) is 17.0. The lowest BCUT2D eigenvalue weighted by Gasteiger charge is -2.29. The van der Waals surface area contributed by atoms with Gasteiger partial charge in [-0.3, -0.25) is 4.79 Å². The number of nitrogens with zero attached hydrogens (tertiary/aromatic N) is 4. The molecule has 0 aliphatic carbocycles. The van der Waals surface area contributed by atoms with Gasteiger partial charge in [0.1, 0.15) is 12.1 Å². The van der Waals surface area contributed by atoms with Crippen molar-refractivity contribution in [1.82, 2.24) is 15.0 Å². The van der Waals surface area contributed by atoms with E-state index in [9.17, 15) is 18.0 Å². The molecule has 0 saturated carbocycles. The van der Waals surface area contributed by atoms with Crippen molar-refractivity contribution in [3.8, 4) is 5.75 Å². The van der Waals surface area contributed by atoms with Crippen LogP contribution >= 0.6 is 0 Å². The van der Waals surface area contributed by atoms with E-state index in [1.807, 2.05) is 11.0 Å². The Labute approximate surface area is 181 Å². The molecule has 11 heteroatoms. The Morgan fingerprint density at radius 3 is 2.69 bits per heavy atom. The third-order valence-corrected chi connectivity index (χ3v) is 4.70. The second-order valence-corrected chi connectivity index (χ2v) is 7.15. The van der Waals surface area contributed by atoms with E-state index in [0.717, 1.165) is 11.1 Å². The molecule has 2 N–H and O–H groups in total. The number of hydrogen-bond donors (Lipinski definition) is 2. The summed E-state index contributed by atoms with van der Waals surface area (Å²) in [4.78, 5) is 26.0. The highest BCUT2D eigenvalue weighted by molar-refractivity contribution is 5.89. The minimum atomic E-state index is -4.72. The van der Waals surface area contributed by atoms with E-state index < -0.39 is 6.36 Å². The average Bonchev–Trinajstić information content (AvgIpc) is 2.72. The van der Waals surface area contributed by atoms with Crippen LogP contribution in [0.5, 0.6) is 5.75 Å². The molecular weight excluding hydrogens is 425 g/mol. The molecule has 0 saturated heterocycles. The normalized spacial score (nSPS) is 13.3. The molecule has 1 aromatic heterocycles. The van der Waals surface area contributed by atoms with Gasteiger partial charge in [0.25, 0.3) is 0 Å². The van der Waals surface area contributed by atoms with Crippen LogP contribution in [0, 0.1) is 0 Å². The van der Waals surface area contributed by atoms with Crippen molar-refractivity contribution in [3.05, 3.63) is 59.9 Å². The number of ether oxygens (including phenoxy) is 1. The van der Waals surface area contributed by atoms with Gasteiger partial charge >= 0.3 is 6.36 Å². The maximum Gasteiger partial charge on any atom is 0.573 e. The summed E-state index contributed by atoms with van der Waals surface area (Å²) in [6, 6.07) is 11.5. The Bertz CT molecular complexity index is 1140. The molecular formula is C21H19F3N6O2. The summed E-state index contributed by atoms with van der Waals surface area (Å²) in [6.45, 7) is 2.41. The fraction of sp³-hybridized carbons (Fsp3) is 0.238. The fourth-order valence-electron chi connectivity index (χ4n) is 3.40. The van der Waals surface area contributed by atoms with E-state index in [0.29, 0.717) is 42.8 Å². The number of anilines is 4. The van der Waals surface area contributed by atoms with Gasteiger partial charge in [-0.1, -0.05) is 12.1 Å². The van der Waals surface area contributed by atoms with Gasteiger partial charge in [-0.25, -0.2) is 9.97 Å². The first-order chi connectivity index (χ1) is 15.2. The third kappa shape index (κ3) is 5.42. The summed E-state index contributed by atoms with van der Waals surface area (Å²) in [6.07, 6.45) is -2.80. The molecule has 3 aromatic rings. The quantitative estimate of drug-likeness (QED) is 0.614. The standard InChI is InChI=1S/C21H19F3N6O2/c1-13(31)27-16-3-2-4-17(10-16)28-19-25-12-26-20(29-19)30-8-7-14-9-18(32-21(22,23)24)6-5-15(14)11-30/h2-6,9-10,12H,7-8,11H2,1H3,(H,27,31)(H,25,26,28,29). The lowest BCUT2D eigenvalue weighted by atomic mass is 10.00. The lowest BCUT2D eigenvalue weighted by molar-refractivity contribution is -0.274. The Hall–Kier alpha value is -3.89. The number of carbonyl (C=O) groups is 1. The van der Waals surface area contributed by atoms with Gasteiger partial charge in [0.05, 0.1) is 0 Å². The Kier molecular flexibility index (Phi) is 5.80. The number of carbonyl (C=O) groups excluding carboxylic acids is 1. The first-order valence-electron chi connectivity index (χ1n) is 9.71. The SMILES string of the molecule is CC(=O)Nc1cccc(Nc2ncnc(N3CCc4cc(OC(F)(F)F)ccc4C3)n2)c1. The van der Waals surface area contributed by atoms with Crippen molar-refractivity contribution in [1.29, 1.82) is 0 Å². The average molecular weight is 444 g/mol. The van der Waals surface area contributed by atoms with Crippen molar-refractivity contribution in [3.63, 3.8) is 0 Å². The van der Waals surface area contributed by atoms with Crippen LogP contribution < -0.4 is 20.3 Å². The van der Waals surface area contributed by atoms with Gasteiger partial charge in [-0.05, 0) is 47.9 Å². The van der Waals surface area contributed by atoms with E-state index in [-0.39, 0.29) is 11.7 Å². The molecule has 8 nitrogen and oxygen atoms in total. The van der Waals surface area contributed by atoms with E-state index >= 15 is 0 Å². The van der Waals surface area contributed by atoms with E-state index in [2.05, 4.69) is 30.3 Å². The van der Waals surface area contributed by atoms with Crippen molar-refractivity contribution >= 4 is 29.2 Å². The molecule has 0 fully saturated rings. The summed E-state index contributed by atoms with van der Waals surface area (Å²) in [5.74, 6) is 0.376. The van der Waals surface area contributed by atoms with E-state index in [4.69, 9.17) is 0 Å². The smallest absolute Gasteiger partial charge is 0.406 e. The van der Waals surface area contributed by atoms with Crippen molar-refractivity contribution in [2.75, 3.05) is 22.1 Å². The maximum atomic E-state index is 12.5. The number of halogens is 3. The molecule has 0 unspecified atom stereocenters. The Morgan fingerprint density at radius 2 is 1.91 bits per heavy atom. The first kappa shape index (κ1) is 21.3. The molecule has 32 heavy (non-hydrogen) atoms. The summed E-state index contributed by atoms with van der Waals surface area (Å²) in [5.41, 5.74) is 3.00. The highest BCUT2D eigenvalue weighted by Crippen LogP contribution is 2.29. The number of nitrogens with one attached hydrogen (secondary N) is 2. The number of hydrogen-bond acceptors (Lipinski definition) is 7. The van der Waals surface area contributed by atoms with Crippen LogP contribution in [0.2, 0.25) is 0 Å². The van der Waals surface area contributed by atoms with Gasteiger partial charge in [0, 0.05) is 31.4 Å². The predicted octanol–water partition coefficient (Wildman–Crippen LogP) is 4.03. The van der Waals surface area contributed by atoms with Crippen LogP contribution in [0.15, 0.2) is 48.8 Å². The minimum absolute atomic E-state index is 0.174. The molecule has 1 amide bonds. The monoisotopic (exact) mass is 444 g/mol. The molecule has 1 aliphatic heterocycles. The van der Waals surface area contributed by atoms with Crippen LogP contribution in [0.25, 0.3) is 0 Å². The molecule has 0 atom stereocenters. The fourth-order valence-corrected chi connectivity index (χ4v) is 3.40. The molecule has 0 spiro atoms. The summed E-state index contributed by atoms with van der Waals surface area (Å²) in [7, 11) is 0. The third-order valence-electron chi connectivity index (χ3n) is 4.70. The van der Waals surface area contributed by atoms with Gasteiger partial charge in [-0.2, -0.15) is 4.98 Å². The number of amides is 1. The number of benzene rings is 2. The maximum absolute atomic E-state index is 12.5. The van der Waals surface area contributed by atoms with E-state index in [1.54, 1.807) is 24.3 Å². The zero-order chi connectivity index (χ0) is 22.7. The predicted molar refractivity (Wildman–Crippen MR) is 112 cm³/mol. The van der Waals surface area contributed by atoms with Gasteiger partial charge < -0.3 is 20.3 Å². The van der Waals surface area contributed by atoms with Crippen LogP contribution in [0.3, 0.4) is 0 Å². The summed E-state index contributed by atoms with van der Waals surface area (Å²) >= 11 is 0. The summed E-state index contributed by atoms with van der Waals surface area (Å²) < 4.78 is 41.4. The second kappa shape index (κ2) is 8.69. The molecule has 2 aromatic carbocycles. The minimum Gasteiger partial charge on any atom is -0.406 e. The Morgan fingerprint density at radius 1 is 1.09 bits per heavy atom. The largest absolute Gasteiger partial charge is 0.573 e. The number of aromatic nitrogens is 3. The topological polar surface area (TPSA) is 92.3 Å². The number of rotatable bonds is 5. The van der Waals surface area contributed by atoms with Crippen molar-refractivity contribution in [2.45, 2.75) is 26.3 Å². The van der Waals surface area contributed by atoms with Crippen LogP contribution in [0.1, 0.15) is 18.1 Å². The highest BCUT2D eigenvalue weighted by atomic mass is 19.4.